The maximum absolute atomic E-state index is 15.1. The minimum absolute atomic E-state index is 0.0259. The number of primary amides is 1. The molecule has 0 aliphatic carbocycles. The zero-order valence-electron chi connectivity index (χ0n) is 52.3. The van der Waals surface area contributed by atoms with Crippen molar-refractivity contribution in [3.05, 3.63) is 0 Å². The molecule has 0 spiro atoms. The smallest absolute Gasteiger partial charge is 0.324 e. The molecule has 1 saturated heterocycles. The Morgan fingerprint density at radius 1 is 0.580 bits per heavy atom. The number of urea groups is 1. The standard InChI is InChI=1S/C57H103N11O13/c1-20-40(53(76)62(14)32-45(71)63(15)41(50(58)73)30-34(4)5)60-52(75)48(49(72)38(12)22-21-23-44(70)68-26-28-81-29-27-68)66(18)56(79)46(36(8)9)65(17)54(77)42(31-35(6)7)64(16)55(78)47(37(10)11)67(19)57(80)61-51(74)39(13)59-43(69)25-24-33(2)3/h33-42,46-49,72H,20-32H2,1-19H3,(H2,58,73)(H,59,69)(H,60,75)(H,61,74,80)/t38-,39-,40+,41+,42+,46+,47?,48+,49-/m1/s1. The molecule has 1 aliphatic heterocycles. The van der Waals surface area contributed by atoms with E-state index in [1.165, 1.54) is 63.9 Å². The van der Waals surface area contributed by atoms with Crippen LogP contribution in [0.5, 0.6) is 0 Å². The van der Waals surface area contributed by atoms with Crippen molar-refractivity contribution in [3.8, 4) is 0 Å². The third-order valence-electron chi connectivity index (χ3n) is 15.0. The Kier molecular flexibility index (Phi) is 31.1. The van der Waals surface area contributed by atoms with E-state index in [-0.39, 0.29) is 61.7 Å². The summed E-state index contributed by atoms with van der Waals surface area (Å²) in [4.78, 5) is 160. The van der Waals surface area contributed by atoms with Crippen LogP contribution in [0.25, 0.3) is 0 Å². The SMILES string of the molecule is CC[C@H](NC(=O)[C@H]([C@H](O)[C@H](C)CCCC(=O)N1CCOCC1)N(C)C(=O)[C@H](C(C)C)N(C)C(=O)[C@H](CC(C)C)N(C)C(=O)C(C(C)C)N(C)C(=O)NC(=O)[C@@H](C)NC(=O)CCC(C)C)C(=O)N(C)CC(=O)N(C)[C@@H](CC(C)C)C(N)=O. The Balaban J connectivity index is 3.68. The van der Waals surface area contributed by atoms with Gasteiger partial charge in [0.25, 0.3) is 0 Å². The molecule has 24 nitrogen and oxygen atoms in total. The van der Waals surface area contributed by atoms with Gasteiger partial charge in [0.05, 0.1) is 25.9 Å². The van der Waals surface area contributed by atoms with Crippen LogP contribution in [-0.4, -0.2) is 228 Å². The second kappa shape index (κ2) is 34.5. The fourth-order valence-corrected chi connectivity index (χ4v) is 9.90. The summed E-state index contributed by atoms with van der Waals surface area (Å²) in [7, 11) is 8.29. The summed E-state index contributed by atoms with van der Waals surface area (Å²) in [5.41, 5.74) is 5.63. The van der Waals surface area contributed by atoms with Crippen LogP contribution < -0.4 is 21.7 Å². The van der Waals surface area contributed by atoms with Crippen molar-refractivity contribution in [3.63, 3.8) is 0 Å². The number of ether oxygens (including phenoxy) is 1. The lowest BCUT2D eigenvalue weighted by atomic mass is 9.90. The Morgan fingerprint density at radius 3 is 1.58 bits per heavy atom. The van der Waals surface area contributed by atoms with Gasteiger partial charge >= 0.3 is 6.03 Å². The molecule has 0 bridgehead atoms. The van der Waals surface area contributed by atoms with Gasteiger partial charge in [0, 0.05) is 68.2 Å². The molecular weight excluding hydrogens is 1050 g/mol. The first-order valence-electron chi connectivity index (χ1n) is 28.8. The second-order valence-corrected chi connectivity index (χ2v) is 24.0. The van der Waals surface area contributed by atoms with Gasteiger partial charge < -0.3 is 60.5 Å². The lowest BCUT2D eigenvalue weighted by Gasteiger charge is -2.41. The van der Waals surface area contributed by atoms with Crippen molar-refractivity contribution < 1.29 is 62.6 Å². The Hall–Kier alpha value is -5.91. The van der Waals surface area contributed by atoms with Gasteiger partial charge in [-0.25, -0.2) is 4.79 Å². The number of nitrogens with one attached hydrogen (secondary N) is 3. The second-order valence-electron chi connectivity index (χ2n) is 24.0. The van der Waals surface area contributed by atoms with E-state index in [0.717, 1.165) is 14.7 Å². The number of carbonyl (C=O) groups excluding carboxylic acids is 11. The van der Waals surface area contributed by atoms with Gasteiger partial charge in [-0.15, -0.1) is 0 Å². The molecule has 12 amide bonds. The third-order valence-corrected chi connectivity index (χ3v) is 15.0. The highest BCUT2D eigenvalue weighted by molar-refractivity contribution is 6.01. The van der Waals surface area contributed by atoms with Crippen LogP contribution in [-0.2, 0) is 52.7 Å². The van der Waals surface area contributed by atoms with Crippen molar-refractivity contribution in [2.24, 2.45) is 41.2 Å². The normalized spacial score (nSPS) is 16.0. The van der Waals surface area contributed by atoms with Gasteiger partial charge in [-0.05, 0) is 81.0 Å². The average molecular weight is 1150 g/mol. The Labute approximate surface area is 482 Å². The maximum atomic E-state index is 15.1. The predicted octanol–water partition coefficient (Wildman–Crippen LogP) is 2.04. The first kappa shape index (κ1) is 73.1. The molecule has 6 N–H and O–H groups in total. The van der Waals surface area contributed by atoms with Crippen molar-refractivity contribution in [2.45, 2.75) is 190 Å². The molecule has 1 rings (SSSR count). The van der Waals surface area contributed by atoms with E-state index in [2.05, 4.69) is 16.0 Å². The summed E-state index contributed by atoms with van der Waals surface area (Å²) >= 11 is 0. The fraction of sp³-hybridized carbons (Fsp3) is 0.807. The highest BCUT2D eigenvalue weighted by Gasteiger charge is 2.45. The minimum atomic E-state index is -1.67. The van der Waals surface area contributed by atoms with Gasteiger partial charge in [0.15, 0.2) is 0 Å². The minimum Gasteiger partial charge on any atom is -0.390 e. The number of rotatable bonds is 32. The van der Waals surface area contributed by atoms with Crippen LogP contribution in [0.2, 0.25) is 0 Å². The number of carbonyl (C=O) groups is 11. The van der Waals surface area contributed by atoms with Crippen molar-refractivity contribution >= 4 is 65.1 Å². The number of hydrogen-bond acceptors (Lipinski definition) is 13. The van der Waals surface area contributed by atoms with Crippen LogP contribution in [0.1, 0.15) is 141 Å². The van der Waals surface area contributed by atoms with E-state index in [1.807, 2.05) is 41.5 Å². The van der Waals surface area contributed by atoms with Crippen LogP contribution >= 0.6 is 0 Å². The van der Waals surface area contributed by atoms with Gasteiger partial charge in [-0.1, -0.05) is 83.1 Å². The zero-order valence-corrected chi connectivity index (χ0v) is 52.3. The molecule has 0 aromatic rings. The predicted molar refractivity (Wildman–Crippen MR) is 307 cm³/mol. The molecule has 81 heavy (non-hydrogen) atoms. The monoisotopic (exact) mass is 1150 g/mol. The molecule has 1 fully saturated rings. The number of nitrogens with zero attached hydrogens (tertiary/aromatic N) is 7. The molecular formula is C57H103N11O13. The van der Waals surface area contributed by atoms with E-state index in [0.29, 0.717) is 45.6 Å². The van der Waals surface area contributed by atoms with Crippen LogP contribution in [0.15, 0.2) is 0 Å². The topological polar surface area (TPSA) is 302 Å². The molecule has 0 radical (unpaired) electrons. The molecule has 0 saturated carbocycles. The summed E-state index contributed by atoms with van der Waals surface area (Å²) in [6.07, 6.45) is 0.416. The fourth-order valence-electron chi connectivity index (χ4n) is 9.90. The number of amides is 12. The van der Waals surface area contributed by atoms with Gasteiger partial charge in [-0.2, -0.15) is 0 Å². The Morgan fingerprint density at radius 2 is 1.09 bits per heavy atom. The summed E-state index contributed by atoms with van der Waals surface area (Å²) in [6.45, 7) is 24.2. The lowest BCUT2D eigenvalue weighted by Crippen LogP contribution is -2.63. The number of aliphatic hydroxyl groups excluding tert-OH is 1. The molecule has 464 valence electrons. The third kappa shape index (κ3) is 22.4. The molecule has 0 aromatic carbocycles. The first-order chi connectivity index (χ1) is 37.5. The summed E-state index contributed by atoms with van der Waals surface area (Å²) in [5, 5.41) is 19.8. The highest BCUT2D eigenvalue weighted by atomic mass is 16.5. The van der Waals surface area contributed by atoms with Gasteiger partial charge in [0.1, 0.15) is 42.3 Å². The van der Waals surface area contributed by atoms with E-state index in [9.17, 15) is 48.3 Å². The highest BCUT2D eigenvalue weighted by Crippen LogP contribution is 2.25. The van der Waals surface area contributed by atoms with E-state index in [4.69, 9.17) is 10.5 Å². The zero-order chi connectivity index (χ0) is 62.5. The van der Waals surface area contributed by atoms with Crippen LogP contribution in [0.4, 0.5) is 4.79 Å². The van der Waals surface area contributed by atoms with E-state index in [1.54, 1.807) is 46.4 Å². The molecule has 1 unspecified atom stereocenters. The number of imide groups is 1. The first-order valence-corrected chi connectivity index (χ1v) is 28.8. The maximum Gasteiger partial charge on any atom is 0.324 e. The molecule has 1 heterocycles. The largest absolute Gasteiger partial charge is 0.390 e. The van der Waals surface area contributed by atoms with Crippen molar-refractivity contribution in [2.75, 3.05) is 75.1 Å². The van der Waals surface area contributed by atoms with Crippen LogP contribution in [0, 0.1) is 35.5 Å². The molecule has 1 aliphatic rings. The summed E-state index contributed by atoms with van der Waals surface area (Å²) in [5.74, 6) is -7.85. The lowest BCUT2D eigenvalue weighted by molar-refractivity contribution is -0.157. The van der Waals surface area contributed by atoms with Crippen molar-refractivity contribution in [1.29, 1.82) is 0 Å². The molecule has 9 atom stereocenters. The van der Waals surface area contributed by atoms with E-state index < -0.39 is 126 Å². The number of likely N-dealkylation sites (N-methyl/N-ethyl adjacent to an activating group) is 6. The number of nitrogens with two attached hydrogens (primary N) is 1. The Bertz CT molecular complexity index is 2130. The molecule has 24 heteroatoms. The number of morpholine rings is 1. The van der Waals surface area contributed by atoms with E-state index >= 15 is 9.59 Å². The summed E-state index contributed by atoms with van der Waals surface area (Å²) < 4.78 is 5.38. The van der Waals surface area contributed by atoms with Gasteiger partial charge in [0.2, 0.25) is 59.1 Å². The summed E-state index contributed by atoms with van der Waals surface area (Å²) in [6, 6.07) is -9.49. The average Bonchev–Trinajstić information content (AvgIpc) is 3.50. The van der Waals surface area contributed by atoms with Crippen LogP contribution in [0.3, 0.4) is 0 Å². The van der Waals surface area contributed by atoms with Crippen molar-refractivity contribution in [1.82, 2.24) is 50.2 Å². The molecule has 0 aromatic heterocycles. The number of aliphatic hydroxyl groups is 1. The number of hydrogen-bond donors (Lipinski definition) is 5. The van der Waals surface area contributed by atoms with Gasteiger partial charge in [-0.3, -0.25) is 53.3 Å². The quantitative estimate of drug-likeness (QED) is 0.0645.